The van der Waals surface area contributed by atoms with Crippen LogP contribution in [0.4, 0.5) is 10.5 Å². The predicted molar refractivity (Wildman–Crippen MR) is 138 cm³/mol. The van der Waals surface area contributed by atoms with Crippen molar-refractivity contribution in [2.24, 2.45) is 5.92 Å². The molecule has 1 saturated carbocycles. The summed E-state index contributed by atoms with van der Waals surface area (Å²) >= 11 is 0. The van der Waals surface area contributed by atoms with E-state index in [-0.39, 0.29) is 36.8 Å². The first-order valence-electron chi connectivity index (χ1n) is 12.1. The second kappa shape index (κ2) is 14.0. The number of carboxylic acids is 1. The summed E-state index contributed by atoms with van der Waals surface area (Å²) in [6.07, 6.45) is 6.65. The van der Waals surface area contributed by atoms with E-state index in [1.165, 1.54) is 19.3 Å². The highest BCUT2D eigenvalue weighted by atomic mass is 35.5. The van der Waals surface area contributed by atoms with Gasteiger partial charge in [-0.1, -0.05) is 19.3 Å². The summed E-state index contributed by atoms with van der Waals surface area (Å²) in [5, 5.41) is 16.0. The molecule has 3 aliphatic rings. The van der Waals surface area contributed by atoms with E-state index in [9.17, 15) is 14.7 Å². The number of anilines is 1. The quantitative estimate of drug-likeness (QED) is 0.531. The third kappa shape index (κ3) is 7.63. The minimum atomic E-state index is -0.905. The summed E-state index contributed by atoms with van der Waals surface area (Å²) in [5.74, 6) is -0.321. The molecule has 1 aromatic rings. The molecule has 1 aromatic carbocycles. The molecule has 3 fully saturated rings. The highest BCUT2D eigenvalue weighted by Gasteiger charge is 2.31. The molecular weight excluding hydrogens is 479 g/mol. The van der Waals surface area contributed by atoms with Crippen molar-refractivity contribution < 1.29 is 19.4 Å². The maximum absolute atomic E-state index is 12.7. The minimum Gasteiger partial charge on any atom is -0.478 e. The first-order valence-corrected chi connectivity index (χ1v) is 12.1. The van der Waals surface area contributed by atoms with E-state index in [0.717, 1.165) is 65.0 Å². The first-order chi connectivity index (χ1) is 15.6. The SMILES string of the molecule is Cl.Cl.O=C(O)C(Oc1ccc(NC(=O)N2CCN(C3CCNCC3)CC2)cc1)C1CCCCC1. The van der Waals surface area contributed by atoms with Gasteiger partial charge < -0.3 is 25.4 Å². The van der Waals surface area contributed by atoms with Crippen LogP contribution in [0, 0.1) is 5.92 Å². The van der Waals surface area contributed by atoms with E-state index in [2.05, 4.69) is 15.5 Å². The number of halogens is 2. The van der Waals surface area contributed by atoms with Crippen molar-refractivity contribution >= 4 is 42.5 Å². The van der Waals surface area contributed by atoms with Crippen molar-refractivity contribution in [1.29, 1.82) is 0 Å². The third-order valence-electron chi connectivity index (χ3n) is 7.12. The topological polar surface area (TPSA) is 94.1 Å². The summed E-state index contributed by atoms with van der Waals surface area (Å²) < 4.78 is 5.83. The number of aliphatic carboxylic acids is 1. The van der Waals surface area contributed by atoms with Gasteiger partial charge in [-0.2, -0.15) is 0 Å². The molecule has 0 spiro atoms. The Labute approximate surface area is 214 Å². The molecule has 0 bridgehead atoms. The second-order valence-corrected chi connectivity index (χ2v) is 9.23. The Hall–Kier alpha value is -1.74. The predicted octanol–water partition coefficient (Wildman–Crippen LogP) is 3.84. The fourth-order valence-corrected chi connectivity index (χ4v) is 5.21. The molecule has 192 valence electrons. The molecule has 10 heteroatoms. The van der Waals surface area contributed by atoms with E-state index in [0.29, 0.717) is 17.5 Å². The highest BCUT2D eigenvalue weighted by molar-refractivity contribution is 5.89. The lowest BCUT2D eigenvalue weighted by Gasteiger charge is -2.40. The fourth-order valence-electron chi connectivity index (χ4n) is 5.21. The van der Waals surface area contributed by atoms with Gasteiger partial charge in [0.05, 0.1) is 0 Å². The number of piperidine rings is 1. The number of nitrogens with one attached hydrogen (secondary N) is 2. The van der Waals surface area contributed by atoms with E-state index in [1.807, 2.05) is 4.90 Å². The lowest BCUT2D eigenvalue weighted by Crippen LogP contribution is -2.54. The van der Waals surface area contributed by atoms with E-state index in [1.54, 1.807) is 24.3 Å². The van der Waals surface area contributed by atoms with Gasteiger partial charge in [0.1, 0.15) is 5.75 Å². The average Bonchev–Trinajstić information content (AvgIpc) is 2.84. The van der Waals surface area contributed by atoms with Crippen LogP contribution in [-0.2, 0) is 4.79 Å². The largest absolute Gasteiger partial charge is 0.478 e. The Morgan fingerprint density at radius 2 is 1.56 bits per heavy atom. The molecule has 0 radical (unpaired) electrons. The number of benzene rings is 1. The molecule has 2 amide bonds. The molecule has 4 rings (SSSR count). The van der Waals surface area contributed by atoms with Gasteiger partial charge in [0.2, 0.25) is 0 Å². The van der Waals surface area contributed by atoms with Gasteiger partial charge in [-0.15, -0.1) is 24.8 Å². The summed E-state index contributed by atoms with van der Waals surface area (Å²) in [4.78, 5) is 28.8. The van der Waals surface area contributed by atoms with Crippen LogP contribution in [0.25, 0.3) is 0 Å². The Morgan fingerprint density at radius 3 is 2.15 bits per heavy atom. The van der Waals surface area contributed by atoms with Gasteiger partial charge in [0.15, 0.2) is 6.10 Å². The van der Waals surface area contributed by atoms with Crippen LogP contribution in [0.1, 0.15) is 44.9 Å². The van der Waals surface area contributed by atoms with Gasteiger partial charge >= 0.3 is 12.0 Å². The molecular formula is C24H38Cl2N4O4. The molecule has 3 N–H and O–H groups in total. The molecule has 8 nitrogen and oxygen atoms in total. The maximum atomic E-state index is 12.7. The Morgan fingerprint density at radius 1 is 0.941 bits per heavy atom. The molecule has 0 aromatic heterocycles. The number of carbonyl (C=O) groups is 2. The minimum absolute atomic E-state index is 0. The molecule has 2 heterocycles. The Bertz CT molecular complexity index is 763. The monoisotopic (exact) mass is 516 g/mol. The molecule has 1 atom stereocenters. The number of piperazine rings is 1. The number of amides is 2. The van der Waals surface area contributed by atoms with Crippen LogP contribution >= 0.6 is 24.8 Å². The first kappa shape index (κ1) is 28.5. The number of hydrogen-bond donors (Lipinski definition) is 3. The zero-order valence-electron chi connectivity index (χ0n) is 19.6. The Balaban J connectivity index is 0.00000204. The lowest BCUT2D eigenvalue weighted by molar-refractivity contribution is -0.148. The number of urea groups is 1. The summed E-state index contributed by atoms with van der Waals surface area (Å²) in [7, 11) is 0. The zero-order valence-corrected chi connectivity index (χ0v) is 21.2. The standard InChI is InChI=1S/C24H36N4O4.2ClH/c29-23(30)22(18-4-2-1-3-5-18)32-21-8-6-19(7-9-21)26-24(31)28-16-14-27(15-17-28)20-10-12-25-13-11-20;;/h6-9,18,20,22,25H,1-5,10-17H2,(H,26,31)(H,29,30);2*1H. The van der Waals surface area contributed by atoms with Crippen molar-refractivity contribution in [1.82, 2.24) is 15.1 Å². The number of carbonyl (C=O) groups excluding carboxylic acids is 1. The Kier molecular flexibility index (Phi) is 11.7. The van der Waals surface area contributed by atoms with Gasteiger partial charge in [-0.3, -0.25) is 4.90 Å². The van der Waals surface area contributed by atoms with Crippen molar-refractivity contribution in [2.45, 2.75) is 57.1 Å². The normalized spacial score (nSPS) is 21.0. The smallest absolute Gasteiger partial charge is 0.345 e. The highest BCUT2D eigenvalue weighted by Crippen LogP contribution is 2.29. The number of ether oxygens (including phenoxy) is 1. The zero-order chi connectivity index (χ0) is 22.3. The molecule has 2 saturated heterocycles. The van der Waals surface area contributed by atoms with E-state index >= 15 is 0 Å². The number of hydrogen-bond acceptors (Lipinski definition) is 5. The number of carboxylic acid groups (broad SMARTS) is 1. The van der Waals surface area contributed by atoms with Gasteiger partial charge in [-0.25, -0.2) is 9.59 Å². The molecule has 2 aliphatic heterocycles. The van der Waals surface area contributed by atoms with Crippen molar-refractivity contribution in [3.8, 4) is 5.75 Å². The molecule has 1 unspecified atom stereocenters. The van der Waals surface area contributed by atoms with Crippen molar-refractivity contribution in [3.63, 3.8) is 0 Å². The maximum Gasteiger partial charge on any atom is 0.345 e. The van der Waals surface area contributed by atoms with Crippen LogP contribution in [0.15, 0.2) is 24.3 Å². The average molecular weight is 517 g/mol. The third-order valence-corrected chi connectivity index (χ3v) is 7.12. The van der Waals surface area contributed by atoms with Gasteiger partial charge in [0, 0.05) is 43.8 Å². The van der Waals surface area contributed by atoms with Crippen LogP contribution in [-0.4, -0.2) is 78.3 Å². The van der Waals surface area contributed by atoms with Crippen LogP contribution < -0.4 is 15.4 Å². The van der Waals surface area contributed by atoms with Gasteiger partial charge in [0.25, 0.3) is 0 Å². The summed E-state index contributed by atoms with van der Waals surface area (Å²) in [5.41, 5.74) is 0.688. The molecule has 34 heavy (non-hydrogen) atoms. The fraction of sp³-hybridized carbons (Fsp3) is 0.667. The van der Waals surface area contributed by atoms with Crippen LogP contribution in [0.5, 0.6) is 5.75 Å². The van der Waals surface area contributed by atoms with Crippen molar-refractivity contribution in [3.05, 3.63) is 24.3 Å². The van der Waals surface area contributed by atoms with E-state index in [4.69, 9.17) is 4.74 Å². The van der Waals surface area contributed by atoms with Crippen LogP contribution in [0.3, 0.4) is 0 Å². The van der Waals surface area contributed by atoms with Crippen molar-refractivity contribution in [2.75, 3.05) is 44.6 Å². The number of nitrogens with zero attached hydrogens (tertiary/aromatic N) is 2. The summed E-state index contributed by atoms with van der Waals surface area (Å²) in [6.45, 7) is 5.47. The van der Waals surface area contributed by atoms with E-state index < -0.39 is 12.1 Å². The summed E-state index contributed by atoms with van der Waals surface area (Å²) in [6, 6.07) is 7.58. The molecule has 1 aliphatic carbocycles. The second-order valence-electron chi connectivity index (χ2n) is 9.23. The van der Waals surface area contributed by atoms with Gasteiger partial charge in [-0.05, 0) is 63.0 Å². The number of rotatable bonds is 6. The van der Waals surface area contributed by atoms with Crippen LogP contribution in [0.2, 0.25) is 0 Å². The lowest BCUT2D eigenvalue weighted by atomic mass is 9.85.